The van der Waals surface area contributed by atoms with Gasteiger partial charge in [-0.1, -0.05) is 218 Å². The van der Waals surface area contributed by atoms with E-state index < -0.39 is 12.1 Å². The van der Waals surface area contributed by atoms with Gasteiger partial charge in [0.25, 0.3) is 0 Å². The van der Waals surface area contributed by atoms with Gasteiger partial charge in [-0.25, -0.2) is 0 Å². The maximum atomic E-state index is 12.4. The first-order valence-corrected chi connectivity index (χ1v) is 21.6. The largest absolute Gasteiger partial charge is 0.507 e. The number of hydrogen-bond donors (Lipinski definition) is 2. The fourth-order valence-electron chi connectivity index (χ4n) is 8.92. The molecule has 2 N–H and O–H groups in total. The second-order valence-electron chi connectivity index (χ2n) is 15.9. The zero-order chi connectivity index (χ0) is 43.2. The van der Waals surface area contributed by atoms with Crippen LogP contribution >= 0.6 is 0 Å². The monoisotopic (exact) mass is 824 g/mol. The summed E-state index contributed by atoms with van der Waals surface area (Å²) in [5, 5.41) is 28.7. The van der Waals surface area contributed by atoms with Crippen molar-refractivity contribution in [2.24, 2.45) is 9.98 Å². The molecule has 4 heteroatoms. The van der Waals surface area contributed by atoms with E-state index in [1.165, 1.54) is 0 Å². The lowest BCUT2D eigenvalue weighted by atomic mass is 9.89. The van der Waals surface area contributed by atoms with Crippen molar-refractivity contribution >= 4 is 34.0 Å². The lowest BCUT2D eigenvalue weighted by molar-refractivity contribution is 0.476. The molecular formula is C60H44N2O2. The van der Waals surface area contributed by atoms with Gasteiger partial charge < -0.3 is 10.2 Å². The molecule has 0 spiro atoms. The third kappa shape index (κ3) is 7.85. The molecule has 10 aromatic rings. The third-order valence-corrected chi connectivity index (χ3v) is 12.0. The molecule has 0 aliphatic rings. The summed E-state index contributed by atoms with van der Waals surface area (Å²) in [6, 6.07) is 76.7. The van der Waals surface area contributed by atoms with Crippen LogP contribution in [0.25, 0.3) is 66.1 Å². The average Bonchev–Trinajstić information content (AvgIpc) is 3.36. The minimum absolute atomic E-state index is 0.154. The SMILES string of the molecule is Oc1c(C=N[C@H](c2ccccc2)[C@H](N=Cc2cc3ccccc3c(-c3ccccc3-c3ccccc3)c2O)c2ccccc2)cc2ccccc2c1-c1ccccc1-c1ccccc1. The molecule has 0 bridgehead atoms. The molecule has 64 heavy (non-hydrogen) atoms. The van der Waals surface area contributed by atoms with E-state index in [-0.39, 0.29) is 11.5 Å². The highest BCUT2D eigenvalue weighted by molar-refractivity contribution is 6.09. The first kappa shape index (κ1) is 39.8. The maximum absolute atomic E-state index is 12.4. The molecule has 0 radical (unpaired) electrons. The van der Waals surface area contributed by atoms with Crippen LogP contribution in [0.1, 0.15) is 34.3 Å². The van der Waals surface area contributed by atoms with Crippen molar-refractivity contribution in [3.8, 4) is 56.0 Å². The number of aliphatic imine (C=N–C) groups is 2. The summed E-state index contributed by atoms with van der Waals surface area (Å²) in [6.07, 6.45) is 3.59. The summed E-state index contributed by atoms with van der Waals surface area (Å²) >= 11 is 0. The van der Waals surface area contributed by atoms with Crippen LogP contribution in [-0.4, -0.2) is 22.6 Å². The molecule has 0 heterocycles. The van der Waals surface area contributed by atoms with Crippen LogP contribution in [0.2, 0.25) is 0 Å². The van der Waals surface area contributed by atoms with Crippen molar-refractivity contribution in [3.63, 3.8) is 0 Å². The van der Waals surface area contributed by atoms with E-state index in [9.17, 15) is 10.2 Å². The Morgan fingerprint density at radius 2 is 0.641 bits per heavy atom. The third-order valence-electron chi connectivity index (χ3n) is 12.0. The predicted octanol–water partition coefficient (Wildman–Crippen LogP) is 15.1. The van der Waals surface area contributed by atoms with Crippen molar-refractivity contribution in [3.05, 3.63) is 253 Å². The average molecular weight is 825 g/mol. The second kappa shape index (κ2) is 17.9. The molecule has 0 aliphatic carbocycles. The van der Waals surface area contributed by atoms with Crippen LogP contribution in [0, 0.1) is 0 Å². The van der Waals surface area contributed by atoms with E-state index in [0.717, 1.165) is 77.2 Å². The number of phenolic OH excluding ortho intramolecular Hbond substituents is 2. The van der Waals surface area contributed by atoms with Gasteiger partial charge in [0, 0.05) is 34.7 Å². The van der Waals surface area contributed by atoms with Crippen LogP contribution in [0.5, 0.6) is 11.5 Å². The molecule has 0 aromatic heterocycles. The molecule has 10 aromatic carbocycles. The first-order chi connectivity index (χ1) is 31.6. The quantitative estimate of drug-likeness (QED) is 0.128. The highest BCUT2D eigenvalue weighted by Crippen LogP contribution is 2.45. The van der Waals surface area contributed by atoms with E-state index in [0.29, 0.717) is 11.1 Å². The summed E-state index contributed by atoms with van der Waals surface area (Å²) in [6.45, 7) is 0. The molecule has 0 unspecified atom stereocenters. The Bertz CT molecular complexity index is 3070. The van der Waals surface area contributed by atoms with Crippen LogP contribution in [0.4, 0.5) is 0 Å². The fourth-order valence-corrected chi connectivity index (χ4v) is 8.92. The van der Waals surface area contributed by atoms with Crippen molar-refractivity contribution in [1.82, 2.24) is 0 Å². The van der Waals surface area contributed by atoms with Gasteiger partial charge in [0.05, 0.1) is 0 Å². The smallest absolute Gasteiger partial charge is 0.132 e. The van der Waals surface area contributed by atoms with Crippen molar-refractivity contribution in [2.45, 2.75) is 12.1 Å². The number of aromatic hydroxyl groups is 2. The maximum Gasteiger partial charge on any atom is 0.132 e. The topological polar surface area (TPSA) is 65.2 Å². The second-order valence-corrected chi connectivity index (χ2v) is 15.9. The van der Waals surface area contributed by atoms with Gasteiger partial charge in [-0.15, -0.1) is 0 Å². The van der Waals surface area contributed by atoms with Crippen LogP contribution in [0.15, 0.2) is 241 Å². The normalized spacial score (nSPS) is 12.6. The Hall–Kier alpha value is -8.34. The van der Waals surface area contributed by atoms with E-state index in [1.54, 1.807) is 12.4 Å². The van der Waals surface area contributed by atoms with Gasteiger partial charge in [-0.3, -0.25) is 9.98 Å². The molecule has 2 atom stereocenters. The molecule has 0 amide bonds. The predicted molar refractivity (Wildman–Crippen MR) is 267 cm³/mol. The molecule has 0 saturated carbocycles. The molecule has 0 saturated heterocycles. The summed E-state index contributed by atoms with van der Waals surface area (Å²) in [5.74, 6) is 0.309. The summed E-state index contributed by atoms with van der Waals surface area (Å²) in [7, 11) is 0. The zero-order valence-corrected chi connectivity index (χ0v) is 35.0. The van der Waals surface area contributed by atoms with Gasteiger partial charge in [-0.05, 0) is 78.2 Å². The summed E-state index contributed by atoms with van der Waals surface area (Å²) in [4.78, 5) is 10.7. The fraction of sp³-hybridized carbons (Fsp3) is 0.0333. The zero-order valence-electron chi connectivity index (χ0n) is 35.0. The van der Waals surface area contributed by atoms with Crippen LogP contribution in [-0.2, 0) is 0 Å². The summed E-state index contributed by atoms with van der Waals surface area (Å²) < 4.78 is 0. The number of nitrogens with zero attached hydrogens (tertiary/aromatic N) is 2. The number of benzene rings is 10. The number of phenols is 2. The molecule has 4 nitrogen and oxygen atoms in total. The number of fused-ring (bicyclic) bond motifs is 2. The van der Waals surface area contributed by atoms with E-state index >= 15 is 0 Å². The highest BCUT2D eigenvalue weighted by atomic mass is 16.3. The van der Waals surface area contributed by atoms with E-state index in [2.05, 4.69) is 97.1 Å². The molecule has 0 aliphatic heterocycles. The Balaban J connectivity index is 1.12. The molecular weight excluding hydrogens is 781 g/mol. The number of hydrogen-bond acceptors (Lipinski definition) is 4. The van der Waals surface area contributed by atoms with Crippen LogP contribution < -0.4 is 0 Å². The number of rotatable bonds is 11. The highest BCUT2D eigenvalue weighted by Gasteiger charge is 2.25. The first-order valence-electron chi connectivity index (χ1n) is 21.6. The Morgan fingerprint density at radius 1 is 0.328 bits per heavy atom. The van der Waals surface area contributed by atoms with Crippen LogP contribution in [0.3, 0.4) is 0 Å². The molecule has 306 valence electrons. The van der Waals surface area contributed by atoms with E-state index in [4.69, 9.17) is 9.98 Å². The van der Waals surface area contributed by atoms with Crippen molar-refractivity contribution < 1.29 is 10.2 Å². The minimum Gasteiger partial charge on any atom is -0.507 e. The lowest BCUT2D eigenvalue weighted by Crippen LogP contribution is -2.09. The van der Waals surface area contributed by atoms with Gasteiger partial charge in [0.15, 0.2) is 0 Å². The van der Waals surface area contributed by atoms with Crippen molar-refractivity contribution in [2.75, 3.05) is 0 Å². The van der Waals surface area contributed by atoms with Gasteiger partial charge in [-0.2, -0.15) is 0 Å². The Morgan fingerprint density at radius 3 is 1.03 bits per heavy atom. The lowest BCUT2D eigenvalue weighted by Gasteiger charge is -2.23. The standard InChI is InChI=1S/C60H44N2O2/c63-59-47(37-45-29-13-15-33-51(45)55(59)53-35-19-17-31-49(53)41-21-5-1-6-22-41)39-61-57(43-25-9-3-10-26-43)58(44-27-11-4-12-28-44)62-40-48-38-46-30-14-16-34-52(46)56(60(48)64)54-36-20-18-32-50(54)42-23-7-2-8-24-42/h1-40,57-58,63-64H/t57-,58-/m1/s1. The van der Waals surface area contributed by atoms with Gasteiger partial charge >= 0.3 is 0 Å². The van der Waals surface area contributed by atoms with E-state index in [1.807, 2.05) is 133 Å². The van der Waals surface area contributed by atoms with Gasteiger partial charge in [0.1, 0.15) is 23.6 Å². The minimum atomic E-state index is -0.508. The van der Waals surface area contributed by atoms with Crippen molar-refractivity contribution in [1.29, 1.82) is 0 Å². The van der Waals surface area contributed by atoms with Gasteiger partial charge in [0.2, 0.25) is 0 Å². The summed E-state index contributed by atoms with van der Waals surface area (Å²) in [5.41, 5.74) is 10.7. The Labute approximate surface area is 373 Å². The Kier molecular flexibility index (Phi) is 11.2. The molecule has 10 rings (SSSR count). The molecule has 0 fully saturated rings.